The minimum absolute atomic E-state index is 0.0480. The van der Waals surface area contributed by atoms with E-state index >= 15 is 0 Å². The molecule has 0 aromatic heterocycles. The third-order valence-corrected chi connectivity index (χ3v) is 2.89. The first kappa shape index (κ1) is 12.5. The Bertz CT molecular complexity index is 204. The maximum absolute atomic E-state index is 11.1. The quantitative estimate of drug-likeness (QED) is 0.636. The number of rotatable bonds is 8. The lowest BCUT2D eigenvalue weighted by Gasteiger charge is -2.28. The molecule has 4 heteroatoms. The molecule has 0 spiro atoms. The summed E-state index contributed by atoms with van der Waals surface area (Å²) >= 11 is 0. The molecule has 2 N–H and O–H groups in total. The Morgan fingerprint density at radius 1 is 1.53 bits per heavy atom. The number of hydrogen-bond donors (Lipinski definition) is 2. The number of nitrogens with zero attached hydrogens (tertiary/aromatic N) is 1. The highest BCUT2D eigenvalue weighted by Gasteiger charge is 2.36. The van der Waals surface area contributed by atoms with Crippen LogP contribution < -0.4 is 0 Å². The molecule has 1 rings (SSSR count). The second-order valence-electron chi connectivity index (χ2n) is 4.19. The summed E-state index contributed by atoms with van der Waals surface area (Å²) in [6, 6.07) is -0.000272. The molecule has 0 radical (unpaired) electrons. The number of carboxylic acids is 1. The summed E-state index contributed by atoms with van der Waals surface area (Å²) in [7, 11) is 0. The fraction of sp³-hybridized carbons (Fsp3) is 0.909. The van der Waals surface area contributed by atoms with Gasteiger partial charge in [0.05, 0.1) is 6.61 Å². The van der Waals surface area contributed by atoms with Crippen molar-refractivity contribution in [3.63, 3.8) is 0 Å². The van der Waals surface area contributed by atoms with Crippen LogP contribution in [-0.2, 0) is 4.79 Å². The summed E-state index contributed by atoms with van der Waals surface area (Å²) < 4.78 is 0. The molecule has 88 valence electrons. The summed E-state index contributed by atoms with van der Waals surface area (Å²) in [6.45, 7) is 2.60. The average molecular weight is 215 g/mol. The van der Waals surface area contributed by atoms with Crippen LogP contribution in [0, 0.1) is 0 Å². The van der Waals surface area contributed by atoms with E-state index in [1.54, 1.807) is 0 Å². The highest BCUT2D eigenvalue weighted by atomic mass is 16.4. The first-order valence-electron chi connectivity index (χ1n) is 5.80. The van der Waals surface area contributed by atoms with Crippen molar-refractivity contribution in [2.45, 2.75) is 51.1 Å². The highest BCUT2D eigenvalue weighted by molar-refractivity contribution is 5.73. The van der Waals surface area contributed by atoms with Crippen LogP contribution in [0.5, 0.6) is 0 Å². The van der Waals surface area contributed by atoms with Crippen molar-refractivity contribution in [2.75, 3.05) is 13.2 Å². The van der Waals surface area contributed by atoms with E-state index in [2.05, 4.69) is 6.92 Å². The molecular weight excluding hydrogens is 194 g/mol. The Balaban J connectivity index is 2.52. The lowest BCUT2D eigenvalue weighted by atomic mass is 10.1. The summed E-state index contributed by atoms with van der Waals surface area (Å²) in [5, 5.41) is 18.1. The Hall–Kier alpha value is -0.610. The predicted octanol–water partition coefficient (Wildman–Crippen LogP) is 1.09. The molecule has 1 saturated carbocycles. The van der Waals surface area contributed by atoms with E-state index in [1.165, 1.54) is 0 Å². The van der Waals surface area contributed by atoms with Gasteiger partial charge in [-0.3, -0.25) is 9.69 Å². The van der Waals surface area contributed by atoms with Gasteiger partial charge in [-0.25, -0.2) is 0 Å². The molecule has 0 saturated heterocycles. The highest BCUT2D eigenvalue weighted by Crippen LogP contribution is 2.29. The summed E-state index contributed by atoms with van der Waals surface area (Å²) in [4.78, 5) is 13.1. The van der Waals surface area contributed by atoms with Gasteiger partial charge in [-0.15, -0.1) is 0 Å². The van der Waals surface area contributed by atoms with Crippen LogP contribution in [0.15, 0.2) is 0 Å². The van der Waals surface area contributed by atoms with Crippen molar-refractivity contribution in [3.05, 3.63) is 0 Å². The maximum Gasteiger partial charge on any atom is 0.320 e. The van der Waals surface area contributed by atoms with Crippen molar-refractivity contribution >= 4 is 5.97 Å². The molecule has 1 fully saturated rings. The van der Waals surface area contributed by atoms with Crippen LogP contribution in [0.3, 0.4) is 0 Å². The number of carboxylic acid groups (broad SMARTS) is 1. The van der Waals surface area contributed by atoms with Gasteiger partial charge in [0.1, 0.15) is 6.04 Å². The zero-order chi connectivity index (χ0) is 11.3. The van der Waals surface area contributed by atoms with E-state index in [4.69, 9.17) is 10.2 Å². The SMILES string of the molecule is CCCCC(C(=O)O)N(CCO)C1CC1. The summed E-state index contributed by atoms with van der Waals surface area (Å²) in [6.07, 6.45) is 4.81. The van der Waals surface area contributed by atoms with Crippen molar-refractivity contribution < 1.29 is 15.0 Å². The van der Waals surface area contributed by atoms with Gasteiger partial charge in [-0.05, 0) is 19.3 Å². The number of aliphatic hydroxyl groups is 1. The van der Waals surface area contributed by atoms with Crippen molar-refractivity contribution in [1.29, 1.82) is 0 Å². The molecule has 0 heterocycles. The van der Waals surface area contributed by atoms with Crippen molar-refractivity contribution in [1.82, 2.24) is 4.90 Å². The zero-order valence-corrected chi connectivity index (χ0v) is 9.35. The third-order valence-electron chi connectivity index (χ3n) is 2.89. The molecule has 0 bridgehead atoms. The van der Waals surface area contributed by atoms with Gasteiger partial charge in [0, 0.05) is 12.6 Å². The number of aliphatic carboxylic acids is 1. The number of carbonyl (C=O) groups is 1. The summed E-state index contributed by atoms with van der Waals surface area (Å²) in [5.41, 5.74) is 0. The van der Waals surface area contributed by atoms with Gasteiger partial charge >= 0.3 is 5.97 Å². The lowest BCUT2D eigenvalue weighted by molar-refractivity contribution is -0.144. The molecule has 0 aliphatic heterocycles. The van der Waals surface area contributed by atoms with Crippen LogP contribution in [0.2, 0.25) is 0 Å². The molecule has 1 atom stereocenters. The van der Waals surface area contributed by atoms with Crippen LogP contribution in [-0.4, -0.2) is 46.3 Å². The van der Waals surface area contributed by atoms with Crippen LogP contribution >= 0.6 is 0 Å². The van der Waals surface area contributed by atoms with Crippen molar-refractivity contribution in [3.8, 4) is 0 Å². The predicted molar refractivity (Wildman–Crippen MR) is 57.8 cm³/mol. The topological polar surface area (TPSA) is 60.8 Å². The minimum Gasteiger partial charge on any atom is -0.480 e. The molecule has 0 aromatic rings. The molecule has 15 heavy (non-hydrogen) atoms. The molecule has 0 aromatic carbocycles. The summed E-state index contributed by atoms with van der Waals surface area (Å²) in [5.74, 6) is -0.746. The van der Waals surface area contributed by atoms with E-state index < -0.39 is 12.0 Å². The Morgan fingerprint density at radius 2 is 2.20 bits per heavy atom. The van der Waals surface area contributed by atoms with Crippen LogP contribution in [0.1, 0.15) is 39.0 Å². The Morgan fingerprint density at radius 3 is 2.60 bits per heavy atom. The smallest absolute Gasteiger partial charge is 0.320 e. The van der Waals surface area contributed by atoms with Crippen molar-refractivity contribution in [2.24, 2.45) is 0 Å². The third kappa shape index (κ3) is 3.80. The molecule has 4 nitrogen and oxygen atoms in total. The molecule has 0 amide bonds. The van der Waals surface area contributed by atoms with E-state index in [-0.39, 0.29) is 6.61 Å². The van der Waals surface area contributed by atoms with Gasteiger partial charge in [0.2, 0.25) is 0 Å². The second kappa shape index (κ2) is 6.08. The standard InChI is InChI=1S/C11H21NO3/c1-2-3-4-10(11(14)15)12(7-8-13)9-5-6-9/h9-10,13H,2-8H2,1H3,(H,14,15). The molecule has 1 aliphatic rings. The maximum atomic E-state index is 11.1. The number of aliphatic hydroxyl groups excluding tert-OH is 1. The normalized spacial score (nSPS) is 18.1. The number of hydrogen-bond acceptors (Lipinski definition) is 3. The zero-order valence-electron chi connectivity index (χ0n) is 9.35. The first-order chi connectivity index (χ1) is 7.20. The van der Waals surface area contributed by atoms with Gasteiger partial charge in [0.25, 0.3) is 0 Å². The van der Waals surface area contributed by atoms with Gasteiger partial charge in [0.15, 0.2) is 0 Å². The van der Waals surface area contributed by atoms with E-state index in [0.717, 1.165) is 25.7 Å². The Kier molecular flexibility index (Phi) is 5.05. The number of unbranched alkanes of at least 4 members (excludes halogenated alkanes) is 1. The fourth-order valence-electron chi connectivity index (χ4n) is 1.94. The van der Waals surface area contributed by atoms with Crippen LogP contribution in [0.4, 0.5) is 0 Å². The molecule has 1 aliphatic carbocycles. The van der Waals surface area contributed by atoms with Gasteiger partial charge < -0.3 is 10.2 Å². The van der Waals surface area contributed by atoms with E-state index in [0.29, 0.717) is 19.0 Å². The minimum atomic E-state index is -0.746. The van der Waals surface area contributed by atoms with E-state index in [1.807, 2.05) is 4.90 Å². The monoisotopic (exact) mass is 215 g/mol. The Labute approximate surface area is 90.9 Å². The lowest BCUT2D eigenvalue weighted by Crippen LogP contribution is -2.44. The molecular formula is C11H21NO3. The average Bonchev–Trinajstić information content (AvgIpc) is 2.99. The van der Waals surface area contributed by atoms with E-state index in [9.17, 15) is 4.79 Å². The van der Waals surface area contributed by atoms with Gasteiger partial charge in [-0.1, -0.05) is 19.8 Å². The largest absolute Gasteiger partial charge is 0.480 e. The van der Waals surface area contributed by atoms with Gasteiger partial charge in [-0.2, -0.15) is 0 Å². The van der Waals surface area contributed by atoms with Crippen LogP contribution in [0.25, 0.3) is 0 Å². The molecule has 1 unspecified atom stereocenters. The first-order valence-corrected chi connectivity index (χ1v) is 5.80. The fourth-order valence-corrected chi connectivity index (χ4v) is 1.94. The second-order valence-corrected chi connectivity index (χ2v) is 4.19.